The van der Waals surface area contributed by atoms with E-state index in [1.807, 2.05) is 36.7 Å². The fraction of sp³-hybridized carbons (Fsp3) is 0.455. The van der Waals surface area contributed by atoms with Crippen molar-refractivity contribution in [2.45, 2.75) is 32.1 Å². The fourth-order valence-electron chi connectivity index (χ4n) is 4.82. The van der Waals surface area contributed by atoms with E-state index in [4.69, 9.17) is 4.98 Å². The zero-order valence-corrected chi connectivity index (χ0v) is 16.5. The van der Waals surface area contributed by atoms with E-state index >= 15 is 0 Å². The van der Waals surface area contributed by atoms with Crippen molar-refractivity contribution in [2.75, 3.05) is 31.1 Å². The number of aromatic nitrogens is 4. The molecule has 2 aliphatic heterocycles. The summed E-state index contributed by atoms with van der Waals surface area (Å²) in [5.41, 5.74) is 3.09. The highest BCUT2D eigenvalue weighted by Crippen LogP contribution is 2.40. The largest absolute Gasteiger partial charge is 0.355 e. The molecule has 0 radical (unpaired) electrons. The number of benzene rings is 1. The first kappa shape index (κ1) is 18.1. The fourth-order valence-corrected chi connectivity index (χ4v) is 4.82. The Morgan fingerprint density at radius 3 is 2.86 bits per heavy atom. The lowest BCUT2D eigenvalue weighted by atomic mass is 9.73. The number of piperidine rings is 2. The maximum atomic E-state index is 12.5. The predicted molar refractivity (Wildman–Crippen MR) is 112 cm³/mol. The number of anilines is 1. The number of nitrogens with one attached hydrogen (secondary N) is 1. The van der Waals surface area contributed by atoms with Gasteiger partial charge in [-0.3, -0.25) is 9.78 Å². The van der Waals surface area contributed by atoms with Gasteiger partial charge in [0.2, 0.25) is 5.91 Å². The molecule has 2 aliphatic rings. The summed E-state index contributed by atoms with van der Waals surface area (Å²) in [6.07, 6.45) is 10.1. The molecule has 7 nitrogen and oxygen atoms in total. The third-order valence-electron chi connectivity index (χ3n) is 6.38. The number of para-hydroxylation sites is 2. The van der Waals surface area contributed by atoms with Crippen LogP contribution in [0.2, 0.25) is 0 Å². The first-order valence-electron chi connectivity index (χ1n) is 10.4. The maximum absolute atomic E-state index is 12.5. The molecule has 1 spiro atoms. The van der Waals surface area contributed by atoms with Crippen LogP contribution in [0.5, 0.6) is 0 Å². The van der Waals surface area contributed by atoms with Crippen molar-refractivity contribution < 1.29 is 4.79 Å². The van der Waals surface area contributed by atoms with Crippen molar-refractivity contribution in [1.82, 2.24) is 24.8 Å². The smallest absolute Gasteiger partial charge is 0.222 e. The zero-order chi connectivity index (χ0) is 19.7. The van der Waals surface area contributed by atoms with Gasteiger partial charge in [0.1, 0.15) is 5.82 Å². The number of aromatic amines is 1. The van der Waals surface area contributed by atoms with Crippen LogP contribution >= 0.6 is 0 Å². The van der Waals surface area contributed by atoms with Crippen LogP contribution in [-0.4, -0.2) is 56.9 Å². The normalized spacial score (nSPS) is 22.6. The van der Waals surface area contributed by atoms with Gasteiger partial charge in [-0.05, 0) is 31.4 Å². The molecule has 1 amide bonds. The second-order valence-electron chi connectivity index (χ2n) is 8.38. The molecule has 1 N–H and O–H groups in total. The van der Waals surface area contributed by atoms with E-state index in [0.29, 0.717) is 6.42 Å². The number of nitrogens with zero attached hydrogens (tertiary/aromatic N) is 5. The minimum absolute atomic E-state index is 0.146. The van der Waals surface area contributed by atoms with Crippen LogP contribution in [0.3, 0.4) is 0 Å². The molecular weight excluding hydrogens is 364 g/mol. The Labute approximate surface area is 170 Å². The van der Waals surface area contributed by atoms with E-state index in [1.54, 1.807) is 6.33 Å². The number of amides is 1. The Morgan fingerprint density at radius 2 is 2.00 bits per heavy atom. The maximum Gasteiger partial charge on any atom is 0.222 e. The third-order valence-corrected chi connectivity index (χ3v) is 6.38. The number of carbonyl (C=O) groups is 1. The number of likely N-dealkylation sites (tertiary alicyclic amines) is 1. The molecule has 2 saturated heterocycles. The molecule has 5 rings (SSSR count). The summed E-state index contributed by atoms with van der Waals surface area (Å²) >= 11 is 0. The van der Waals surface area contributed by atoms with Crippen LogP contribution in [0.25, 0.3) is 11.0 Å². The molecule has 3 aromatic rings. The molecule has 2 fully saturated rings. The number of hydrogen-bond donors (Lipinski definition) is 1. The number of fused-ring (bicyclic) bond motifs is 1. The van der Waals surface area contributed by atoms with Crippen molar-refractivity contribution in [3.05, 3.63) is 48.7 Å². The van der Waals surface area contributed by atoms with Crippen LogP contribution in [0, 0.1) is 5.41 Å². The topological polar surface area (TPSA) is 78.0 Å². The van der Waals surface area contributed by atoms with Gasteiger partial charge in [-0.15, -0.1) is 0 Å². The summed E-state index contributed by atoms with van der Waals surface area (Å²) in [5.74, 6) is 1.22. The SMILES string of the molecule is O=C1CC[C@@]2(CCCN(c3cnc4ccccc4n3)C2)CN1CCc1cnc[nH]1. The first-order chi connectivity index (χ1) is 14.2. The second kappa shape index (κ2) is 7.46. The van der Waals surface area contributed by atoms with E-state index in [-0.39, 0.29) is 11.3 Å². The van der Waals surface area contributed by atoms with Crippen molar-refractivity contribution in [3.8, 4) is 0 Å². The van der Waals surface area contributed by atoms with Crippen LogP contribution in [0.4, 0.5) is 5.82 Å². The van der Waals surface area contributed by atoms with Crippen molar-refractivity contribution in [1.29, 1.82) is 0 Å². The summed E-state index contributed by atoms with van der Waals surface area (Å²) in [6.45, 7) is 3.51. The molecule has 150 valence electrons. The van der Waals surface area contributed by atoms with Crippen LogP contribution in [-0.2, 0) is 11.2 Å². The minimum Gasteiger partial charge on any atom is -0.355 e. The molecular formula is C22H26N6O. The summed E-state index contributed by atoms with van der Waals surface area (Å²) in [5, 5.41) is 0. The molecule has 7 heteroatoms. The first-order valence-corrected chi connectivity index (χ1v) is 10.4. The quantitative estimate of drug-likeness (QED) is 0.741. The number of carbonyl (C=O) groups excluding carboxylic acids is 1. The zero-order valence-electron chi connectivity index (χ0n) is 16.5. The lowest BCUT2D eigenvalue weighted by Crippen LogP contribution is -2.54. The highest BCUT2D eigenvalue weighted by atomic mass is 16.2. The number of imidazole rings is 1. The summed E-state index contributed by atoms with van der Waals surface area (Å²) in [6, 6.07) is 8.00. The second-order valence-corrected chi connectivity index (χ2v) is 8.38. The van der Waals surface area contributed by atoms with Gasteiger partial charge in [-0.25, -0.2) is 9.97 Å². The standard InChI is InChI=1S/C22H26N6O/c29-21-6-9-22(15-28(21)11-7-17-12-23-16-25-17)8-3-10-27(14-22)20-13-24-18-4-1-2-5-19(18)26-20/h1-2,4-5,12-13,16H,3,6-11,14-15H2,(H,23,25)/t22-/m1/s1. The molecule has 1 atom stereocenters. The molecule has 0 unspecified atom stereocenters. The highest BCUT2D eigenvalue weighted by Gasteiger charge is 2.42. The molecule has 0 bridgehead atoms. The van der Waals surface area contributed by atoms with E-state index < -0.39 is 0 Å². The van der Waals surface area contributed by atoms with Crippen LogP contribution in [0.1, 0.15) is 31.4 Å². The average molecular weight is 390 g/mol. The van der Waals surface area contributed by atoms with E-state index in [2.05, 4.69) is 24.8 Å². The average Bonchev–Trinajstić information content (AvgIpc) is 3.28. The lowest BCUT2D eigenvalue weighted by Gasteiger charge is -2.48. The van der Waals surface area contributed by atoms with Gasteiger partial charge in [0.15, 0.2) is 0 Å². The molecule has 1 aromatic carbocycles. The van der Waals surface area contributed by atoms with Gasteiger partial charge in [0, 0.05) is 56.3 Å². The Kier molecular flexibility index (Phi) is 4.66. The van der Waals surface area contributed by atoms with Crippen LogP contribution < -0.4 is 4.90 Å². The number of H-pyrrole nitrogens is 1. The van der Waals surface area contributed by atoms with Gasteiger partial charge in [-0.2, -0.15) is 0 Å². The van der Waals surface area contributed by atoms with Crippen molar-refractivity contribution in [3.63, 3.8) is 0 Å². The van der Waals surface area contributed by atoms with Crippen molar-refractivity contribution >= 4 is 22.8 Å². The number of rotatable bonds is 4. The van der Waals surface area contributed by atoms with Crippen LogP contribution in [0.15, 0.2) is 43.0 Å². The summed E-state index contributed by atoms with van der Waals surface area (Å²) in [4.78, 5) is 33.6. The highest BCUT2D eigenvalue weighted by molar-refractivity contribution is 5.77. The minimum atomic E-state index is 0.146. The van der Waals surface area contributed by atoms with E-state index in [1.165, 1.54) is 6.42 Å². The monoisotopic (exact) mass is 390 g/mol. The Morgan fingerprint density at radius 1 is 1.10 bits per heavy atom. The lowest BCUT2D eigenvalue weighted by molar-refractivity contribution is -0.137. The number of hydrogen-bond acceptors (Lipinski definition) is 5. The molecule has 2 aromatic heterocycles. The van der Waals surface area contributed by atoms with Gasteiger partial charge in [0.25, 0.3) is 0 Å². The molecule has 0 aliphatic carbocycles. The Hall–Kier alpha value is -2.96. The van der Waals surface area contributed by atoms with Gasteiger partial charge in [-0.1, -0.05) is 12.1 Å². The third kappa shape index (κ3) is 3.69. The molecule has 4 heterocycles. The van der Waals surface area contributed by atoms with E-state index in [0.717, 1.165) is 68.0 Å². The summed E-state index contributed by atoms with van der Waals surface area (Å²) < 4.78 is 0. The Bertz CT molecular complexity index is 1000. The molecule has 29 heavy (non-hydrogen) atoms. The van der Waals surface area contributed by atoms with Gasteiger partial charge >= 0.3 is 0 Å². The van der Waals surface area contributed by atoms with Gasteiger partial charge < -0.3 is 14.8 Å². The van der Waals surface area contributed by atoms with Crippen molar-refractivity contribution in [2.24, 2.45) is 5.41 Å². The predicted octanol–water partition coefficient (Wildman–Crippen LogP) is 2.80. The Balaban J connectivity index is 1.32. The van der Waals surface area contributed by atoms with E-state index in [9.17, 15) is 4.79 Å². The summed E-state index contributed by atoms with van der Waals surface area (Å²) in [7, 11) is 0. The van der Waals surface area contributed by atoms with Gasteiger partial charge in [0.05, 0.1) is 23.6 Å². The molecule has 0 saturated carbocycles.